The zero-order valence-corrected chi connectivity index (χ0v) is 9.19. The molecule has 0 spiro atoms. The largest absolute Gasteiger partial charge is 0.399 e. The van der Waals surface area contributed by atoms with E-state index in [1.165, 1.54) is 12.0 Å². The van der Waals surface area contributed by atoms with Crippen molar-refractivity contribution in [3.8, 4) is 0 Å². The Kier molecular flexibility index (Phi) is 2.93. The molecule has 1 heterocycles. The first kappa shape index (κ1) is 10.5. The summed E-state index contributed by atoms with van der Waals surface area (Å²) < 4.78 is 0. The molecule has 1 aromatic carbocycles. The van der Waals surface area contributed by atoms with Crippen LogP contribution in [0, 0.1) is 5.92 Å². The number of hydrogen-bond acceptors (Lipinski definition) is 3. The highest BCUT2D eigenvalue weighted by molar-refractivity contribution is 5.40. The number of anilines is 1. The summed E-state index contributed by atoms with van der Waals surface area (Å²) in [5, 5.41) is 0. The Bertz CT molecular complexity index is 320. The average Bonchev–Trinajstić information content (AvgIpc) is 2.65. The quantitative estimate of drug-likeness (QED) is 0.714. The molecule has 1 fully saturated rings. The summed E-state index contributed by atoms with van der Waals surface area (Å²) in [6.45, 7) is 2.26. The lowest BCUT2D eigenvalue weighted by Gasteiger charge is -2.19. The van der Waals surface area contributed by atoms with Gasteiger partial charge in [-0.05, 0) is 43.6 Å². The molecule has 1 aliphatic heterocycles. The van der Waals surface area contributed by atoms with E-state index in [4.69, 9.17) is 11.5 Å². The van der Waals surface area contributed by atoms with Crippen molar-refractivity contribution in [1.29, 1.82) is 0 Å². The van der Waals surface area contributed by atoms with Gasteiger partial charge in [0.15, 0.2) is 0 Å². The summed E-state index contributed by atoms with van der Waals surface area (Å²) in [5.41, 5.74) is 13.9. The van der Waals surface area contributed by atoms with Crippen LogP contribution < -0.4 is 11.5 Å². The SMILES string of the molecule is CN1CCC(C(N)c2ccc(N)cc2)C1. The Hall–Kier alpha value is -1.06. The molecule has 2 atom stereocenters. The molecule has 4 N–H and O–H groups in total. The molecule has 2 rings (SSSR count). The first-order chi connectivity index (χ1) is 7.16. The van der Waals surface area contributed by atoms with Gasteiger partial charge in [0.1, 0.15) is 0 Å². The summed E-state index contributed by atoms with van der Waals surface area (Å²) in [6, 6.07) is 8.08. The molecule has 82 valence electrons. The minimum absolute atomic E-state index is 0.149. The second kappa shape index (κ2) is 4.21. The van der Waals surface area contributed by atoms with Crippen LogP contribution >= 0.6 is 0 Å². The number of nitrogen functional groups attached to an aromatic ring is 1. The summed E-state index contributed by atoms with van der Waals surface area (Å²) in [7, 11) is 2.15. The third kappa shape index (κ3) is 2.30. The Labute approximate surface area is 91.1 Å². The topological polar surface area (TPSA) is 55.3 Å². The molecule has 0 amide bonds. The van der Waals surface area contributed by atoms with Gasteiger partial charge in [0.05, 0.1) is 0 Å². The van der Waals surface area contributed by atoms with Crippen molar-refractivity contribution < 1.29 is 0 Å². The van der Waals surface area contributed by atoms with Crippen LogP contribution in [0.5, 0.6) is 0 Å². The molecule has 3 nitrogen and oxygen atoms in total. The Morgan fingerprint density at radius 3 is 2.53 bits per heavy atom. The molecule has 0 bridgehead atoms. The molecule has 0 radical (unpaired) electrons. The second-order valence-corrected chi connectivity index (χ2v) is 4.50. The fourth-order valence-corrected chi connectivity index (χ4v) is 2.25. The lowest BCUT2D eigenvalue weighted by atomic mass is 9.93. The van der Waals surface area contributed by atoms with E-state index in [-0.39, 0.29) is 6.04 Å². The highest BCUT2D eigenvalue weighted by Crippen LogP contribution is 2.27. The summed E-state index contributed by atoms with van der Waals surface area (Å²) in [5.74, 6) is 0.582. The molecular weight excluding hydrogens is 186 g/mol. The summed E-state index contributed by atoms with van der Waals surface area (Å²) in [4.78, 5) is 2.34. The third-order valence-corrected chi connectivity index (χ3v) is 3.26. The van der Waals surface area contributed by atoms with Crippen molar-refractivity contribution in [3.05, 3.63) is 29.8 Å². The van der Waals surface area contributed by atoms with Gasteiger partial charge in [-0.15, -0.1) is 0 Å². The normalized spacial score (nSPS) is 24.3. The van der Waals surface area contributed by atoms with E-state index in [1.54, 1.807) is 0 Å². The van der Waals surface area contributed by atoms with Gasteiger partial charge in [-0.2, -0.15) is 0 Å². The third-order valence-electron chi connectivity index (χ3n) is 3.26. The predicted octanol–water partition coefficient (Wildman–Crippen LogP) is 1.22. The van der Waals surface area contributed by atoms with Crippen molar-refractivity contribution in [3.63, 3.8) is 0 Å². The van der Waals surface area contributed by atoms with Crippen LogP contribution in [0.15, 0.2) is 24.3 Å². The minimum atomic E-state index is 0.149. The van der Waals surface area contributed by atoms with Crippen LogP contribution in [0.3, 0.4) is 0 Å². The fraction of sp³-hybridized carbons (Fsp3) is 0.500. The van der Waals surface area contributed by atoms with Crippen molar-refractivity contribution in [2.75, 3.05) is 25.9 Å². The molecule has 0 saturated carbocycles. The molecule has 0 aromatic heterocycles. The van der Waals surface area contributed by atoms with E-state index in [0.29, 0.717) is 5.92 Å². The van der Waals surface area contributed by atoms with Crippen LogP contribution in [-0.2, 0) is 0 Å². The number of nitrogens with zero attached hydrogens (tertiary/aromatic N) is 1. The number of likely N-dealkylation sites (tertiary alicyclic amines) is 1. The zero-order valence-electron chi connectivity index (χ0n) is 9.19. The van der Waals surface area contributed by atoms with Gasteiger partial charge in [-0.3, -0.25) is 0 Å². The molecular formula is C12H19N3. The van der Waals surface area contributed by atoms with Crippen LogP contribution in [0.1, 0.15) is 18.0 Å². The first-order valence-corrected chi connectivity index (χ1v) is 5.46. The second-order valence-electron chi connectivity index (χ2n) is 4.50. The van der Waals surface area contributed by atoms with Crippen molar-refractivity contribution in [1.82, 2.24) is 4.90 Å². The van der Waals surface area contributed by atoms with Crippen molar-refractivity contribution in [2.24, 2.45) is 11.7 Å². The molecule has 1 aromatic rings. The van der Waals surface area contributed by atoms with Crippen molar-refractivity contribution >= 4 is 5.69 Å². The lowest BCUT2D eigenvalue weighted by Crippen LogP contribution is -2.24. The van der Waals surface area contributed by atoms with Crippen molar-refractivity contribution in [2.45, 2.75) is 12.5 Å². The van der Waals surface area contributed by atoms with Gasteiger partial charge in [-0.25, -0.2) is 0 Å². The molecule has 0 aliphatic carbocycles. The van der Waals surface area contributed by atoms with Gasteiger partial charge in [-0.1, -0.05) is 12.1 Å². The van der Waals surface area contributed by atoms with Gasteiger partial charge in [0, 0.05) is 18.3 Å². The van der Waals surface area contributed by atoms with E-state index in [2.05, 4.69) is 11.9 Å². The maximum atomic E-state index is 6.25. The van der Waals surface area contributed by atoms with Gasteiger partial charge in [0.2, 0.25) is 0 Å². The average molecular weight is 205 g/mol. The molecule has 3 heteroatoms. The van der Waals surface area contributed by atoms with E-state index in [9.17, 15) is 0 Å². The Balaban J connectivity index is 2.07. The van der Waals surface area contributed by atoms with Crippen LogP contribution in [0.4, 0.5) is 5.69 Å². The monoisotopic (exact) mass is 205 g/mol. The number of nitrogens with two attached hydrogens (primary N) is 2. The summed E-state index contributed by atoms with van der Waals surface area (Å²) >= 11 is 0. The minimum Gasteiger partial charge on any atom is -0.399 e. The highest BCUT2D eigenvalue weighted by atomic mass is 15.1. The number of rotatable bonds is 2. The molecule has 1 aliphatic rings. The van der Waals surface area contributed by atoms with Gasteiger partial charge >= 0.3 is 0 Å². The lowest BCUT2D eigenvalue weighted by molar-refractivity contribution is 0.372. The molecule has 15 heavy (non-hydrogen) atoms. The zero-order chi connectivity index (χ0) is 10.8. The number of hydrogen-bond donors (Lipinski definition) is 2. The Morgan fingerprint density at radius 1 is 1.33 bits per heavy atom. The smallest absolute Gasteiger partial charge is 0.0336 e. The molecule has 2 unspecified atom stereocenters. The van der Waals surface area contributed by atoms with Crippen LogP contribution in [-0.4, -0.2) is 25.0 Å². The van der Waals surface area contributed by atoms with Gasteiger partial charge in [0.25, 0.3) is 0 Å². The molecule has 1 saturated heterocycles. The fourth-order valence-electron chi connectivity index (χ4n) is 2.25. The maximum absolute atomic E-state index is 6.25. The van der Waals surface area contributed by atoms with E-state index in [1.807, 2.05) is 24.3 Å². The summed E-state index contributed by atoms with van der Waals surface area (Å²) in [6.07, 6.45) is 1.20. The maximum Gasteiger partial charge on any atom is 0.0336 e. The standard InChI is InChI=1S/C12H19N3/c1-15-7-6-10(8-15)12(14)9-2-4-11(13)5-3-9/h2-5,10,12H,6-8,13-14H2,1H3. The van der Waals surface area contributed by atoms with Crippen LogP contribution in [0.25, 0.3) is 0 Å². The highest BCUT2D eigenvalue weighted by Gasteiger charge is 2.25. The van der Waals surface area contributed by atoms with E-state index in [0.717, 1.165) is 18.8 Å². The number of benzene rings is 1. The predicted molar refractivity (Wildman–Crippen MR) is 63.4 cm³/mol. The van der Waals surface area contributed by atoms with E-state index >= 15 is 0 Å². The van der Waals surface area contributed by atoms with E-state index < -0.39 is 0 Å². The Morgan fingerprint density at radius 2 is 2.00 bits per heavy atom. The van der Waals surface area contributed by atoms with Crippen LogP contribution in [0.2, 0.25) is 0 Å². The van der Waals surface area contributed by atoms with Gasteiger partial charge < -0.3 is 16.4 Å². The first-order valence-electron chi connectivity index (χ1n) is 5.46.